The molecular weight excluding hydrogens is 253 g/mol. The molecule has 0 saturated carbocycles. The number of ether oxygens (including phenoxy) is 1. The standard InChI is InChI=1S/C17H28FNO/c1-5-7-8-10-20-17-11-13(3)16(18)12-15(17)14(4)19-9-6-2/h11-12,14,19H,5-10H2,1-4H3. The van der Waals surface area contributed by atoms with E-state index in [2.05, 4.69) is 26.1 Å². The number of halogens is 1. The van der Waals surface area contributed by atoms with E-state index in [1.165, 1.54) is 12.8 Å². The number of hydrogen-bond acceptors (Lipinski definition) is 2. The van der Waals surface area contributed by atoms with Gasteiger partial charge in [-0.25, -0.2) is 4.39 Å². The van der Waals surface area contributed by atoms with E-state index >= 15 is 0 Å². The molecule has 1 aromatic rings. The molecule has 0 aromatic heterocycles. The lowest BCUT2D eigenvalue weighted by Gasteiger charge is -2.19. The van der Waals surface area contributed by atoms with E-state index in [0.717, 1.165) is 30.7 Å². The van der Waals surface area contributed by atoms with Gasteiger partial charge in [-0.15, -0.1) is 0 Å². The van der Waals surface area contributed by atoms with E-state index in [1.807, 2.05) is 6.07 Å². The maximum absolute atomic E-state index is 13.8. The Morgan fingerprint density at radius 1 is 1.20 bits per heavy atom. The first-order valence-electron chi connectivity index (χ1n) is 7.76. The Labute approximate surface area is 122 Å². The second kappa shape index (κ2) is 8.96. The second-order valence-corrected chi connectivity index (χ2v) is 5.37. The summed E-state index contributed by atoms with van der Waals surface area (Å²) >= 11 is 0. The van der Waals surface area contributed by atoms with E-state index in [0.29, 0.717) is 12.2 Å². The molecule has 0 aliphatic carbocycles. The van der Waals surface area contributed by atoms with E-state index in [-0.39, 0.29) is 11.9 Å². The van der Waals surface area contributed by atoms with Crippen molar-refractivity contribution in [3.05, 3.63) is 29.1 Å². The molecule has 3 heteroatoms. The van der Waals surface area contributed by atoms with E-state index in [4.69, 9.17) is 4.74 Å². The Balaban J connectivity index is 2.80. The van der Waals surface area contributed by atoms with Gasteiger partial charge in [0.05, 0.1) is 6.61 Å². The molecule has 0 spiro atoms. The van der Waals surface area contributed by atoms with Crippen LogP contribution in [0.2, 0.25) is 0 Å². The topological polar surface area (TPSA) is 21.3 Å². The minimum atomic E-state index is -0.161. The third-order valence-corrected chi connectivity index (χ3v) is 3.46. The number of aryl methyl sites for hydroxylation is 1. The van der Waals surface area contributed by atoms with Crippen molar-refractivity contribution in [3.63, 3.8) is 0 Å². The molecule has 0 amide bonds. The fourth-order valence-corrected chi connectivity index (χ4v) is 2.14. The van der Waals surface area contributed by atoms with Gasteiger partial charge < -0.3 is 10.1 Å². The molecule has 2 nitrogen and oxygen atoms in total. The predicted molar refractivity (Wildman–Crippen MR) is 82.9 cm³/mol. The Hall–Kier alpha value is -1.09. The zero-order valence-electron chi connectivity index (χ0n) is 13.3. The normalized spacial score (nSPS) is 12.4. The van der Waals surface area contributed by atoms with Gasteiger partial charge in [-0.05, 0) is 50.9 Å². The summed E-state index contributed by atoms with van der Waals surface area (Å²) in [5, 5.41) is 3.39. The van der Waals surface area contributed by atoms with Gasteiger partial charge in [-0.3, -0.25) is 0 Å². The molecular formula is C17H28FNO. The lowest BCUT2D eigenvalue weighted by Crippen LogP contribution is -2.20. The average Bonchev–Trinajstić information content (AvgIpc) is 2.44. The Bertz CT molecular complexity index is 406. The molecule has 20 heavy (non-hydrogen) atoms. The highest BCUT2D eigenvalue weighted by Gasteiger charge is 2.14. The molecule has 1 rings (SSSR count). The third kappa shape index (κ3) is 5.12. The molecule has 0 saturated heterocycles. The molecule has 0 fully saturated rings. The number of rotatable bonds is 9. The Kier molecular flexibility index (Phi) is 7.60. The fraction of sp³-hybridized carbons (Fsp3) is 0.647. The van der Waals surface area contributed by atoms with Crippen LogP contribution in [-0.2, 0) is 0 Å². The van der Waals surface area contributed by atoms with Crippen molar-refractivity contribution in [2.45, 2.75) is 59.4 Å². The monoisotopic (exact) mass is 281 g/mol. The highest BCUT2D eigenvalue weighted by molar-refractivity contribution is 5.40. The summed E-state index contributed by atoms with van der Waals surface area (Å²) in [4.78, 5) is 0. The summed E-state index contributed by atoms with van der Waals surface area (Å²) in [6.45, 7) is 9.75. The van der Waals surface area contributed by atoms with E-state index in [1.54, 1.807) is 13.0 Å². The van der Waals surface area contributed by atoms with Crippen molar-refractivity contribution < 1.29 is 9.13 Å². The molecule has 0 radical (unpaired) electrons. The zero-order chi connectivity index (χ0) is 15.0. The van der Waals surface area contributed by atoms with Crippen molar-refractivity contribution in [2.24, 2.45) is 0 Å². The number of benzene rings is 1. The number of hydrogen-bond donors (Lipinski definition) is 1. The summed E-state index contributed by atoms with van der Waals surface area (Å²) in [6, 6.07) is 3.53. The van der Waals surface area contributed by atoms with Crippen LogP contribution < -0.4 is 10.1 Å². The van der Waals surface area contributed by atoms with Crippen LogP contribution in [0.3, 0.4) is 0 Å². The molecule has 1 atom stereocenters. The number of unbranched alkanes of at least 4 members (excludes halogenated alkanes) is 2. The quantitative estimate of drug-likeness (QED) is 0.659. The van der Waals surface area contributed by atoms with E-state index < -0.39 is 0 Å². The summed E-state index contributed by atoms with van der Waals surface area (Å²) in [6.07, 6.45) is 4.45. The van der Waals surface area contributed by atoms with Crippen LogP contribution in [0.4, 0.5) is 4.39 Å². The zero-order valence-corrected chi connectivity index (χ0v) is 13.3. The summed E-state index contributed by atoms with van der Waals surface area (Å²) < 4.78 is 19.7. The molecule has 114 valence electrons. The van der Waals surface area contributed by atoms with Crippen LogP contribution in [0.5, 0.6) is 5.75 Å². The molecule has 1 aromatic carbocycles. The first kappa shape index (κ1) is 17.0. The van der Waals surface area contributed by atoms with Gasteiger partial charge in [-0.2, -0.15) is 0 Å². The highest BCUT2D eigenvalue weighted by Crippen LogP contribution is 2.28. The highest BCUT2D eigenvalue weighted by atomic mass is 19.1. The minimum Gasteiger partial charge on any atom is -0.493 e. The first-order chi connectivity index (χ1) is 9.60. The van der Waals surface area contributed by atoms with Gasteiger partial charge in [0.1, 0.15) is 11.6 Å². The minimum absolute atomic E-state index is 0.103. The van der Waals surface area contributed by atoms with Gasteiger partial charge >= 0.3 is 0 Å². The van der Waals surface area contributed by atoms with Crippen molar-refractivity contribution >= 4 is 0 Å². The smallest absolute Gasteiger partial charge is 0.126 e. The lowest BCUT2D eigenvalue weighted by molar-refractivity contribution is 0.299. The summed E-state index contributed by atoms with van der Waals surface area (Å²) in [5.41, 5.74) is 1.56. The Morgan fingerprint density at radius 2 is 1.95 bits per heavy atom. The van der Waals surface area contributed by atoms with Gasteiger partial charge in [0.15, 0.2) is 0 Å². The lowest BCUT2D eigenvalue weighted by atomic mass is 10.0. The van der Waals surface area contributed by atoms with Crippen LogP contribution in [0, 0.1) is 12.7 Å². The van der Waals surface area contributed by atoms with Crippen molar-refractivity contribution in [3.8, 4) is 5.75 Å². The van der Waals surface area contributed by atoms with Gasteiger partial charge in [0, 0.05) is 11.6 Å². The van der Waals surface area contributed by atoms with Crippen molar-refractivity contribution in [1.29, 1.82) is 0 Å². The predicted octanol–water partition coefficient (Wildman–Crippen LogP) is 4.76. The third-order valence-electron chi connectivity index (χ3n) is 3.46. The van der Waals surface area contributed by atoms with Crippen LogP contribution in [-0.4, -0.2) is 13.2 Å². The molecule has 0 aliphatic heterocycles. The van der Waals surface area contributed by atoms with Crippen molar-refractivity contribution in [2.75, 3.05) is 13.2 Å². The SMILES string of the molecule is CCCCCOc1cc(C)c(F)cc1C(C)NCCC. The van der Waals surface area contributed by atoms with Crippen molar-refractivity contribution in [1.82, 2.24) is 5.32 Å². The van der Waals surface area contributed by atoms with Crippen LogP contribution in [0.15, 0.2) is 12.1 Å². The van der Waals surface area contributed by atoms with Gasteiger partial charge in [-0.1, -0.05) is 26.7 Å². The largest absolute Gasteiger partial charge is 0.493 e. The van der Waals surface area contributed by atoms with Gasteiger partial charge in [0.25, 0.3) is 0 Å². The Morgan fingerprint density at radius 3 is 2.60 bits per heavy atom. The van der Waals surface area contributed by atoms with Crippen LogP contribution >= 0.6 is 0 Å². The maximum Gasteiger partial charge on any atom is 0.126 e. The number of nitrogens with one attached hydrogen (secondary N) is 1. The summed E-state index contributed by atoms with van der Waals surface area (Å²) in [5.74, 6) is 0.655. The molecule has 1 unspecified atom stereocenters. The average molecular weight is 281 g/mol. The molecule has 0 aliphatic rings. The van der Waals surface area contributed by atoms with E-state index in [9.17, 15) is 4.39 Å². The molecule has 0 heterocycles. The molecule has 1 N–H and O–H groups in total. The molecule has 0 bridgehead atoms. The van der Waals surface area contributed by atoms with Crippen LogP contribution in [0.1, 0.15) is 63.6 Å². The first-order valence-corrected chi connectivity index (χ1v) is 7.76. The van der Waals surface area contributed by atoms with Crippen LogP contribution in [0.25, 0.3) is 0 Å². The second-order valence-electron chi connectivity index (χ2n) is 5.37. The van der Waals surface area contributed by atoms with Gasteiger partial charge in [0.2, 0.25) is 0 Å². The maximum atomic E-state index is 13.8. The summed E-state index contributed by atoms with van der Waals surface area (Å²) in [7, 11) is 0. The fourth-order valence-electron chi connectivity index (χ4n) is 2.14.